The van der Waals surface area contributed by atoms with Crippen molar-refractivity contribution in [2.75, 3.05) is 26.7 Å². The number of benzene rings is 2. The predicted molar refractivity (Wildman–Crippen MR) is 133 cm³/mol. The number of rotatable bonds is 8. The van der Waals surface area contributed by atoms with Crippen molar-refractivity contribution < 1.29 is 19.4 Å². The van der Waals surface area contributed by atoms with E-state index in [1.807, 2.05) is 31.2 Å². The highest BCUT2D eigenvalue weighted by molar-refractivity contribution is 6.31. The molecule has 184 valence electrons. The number of amides is 1. The van der Waals surface area contributed by atoms with Gasteiger partial charge in [-0.05, 0) is 67.6 Å². The molecule has 4 rings (SSSR count). The van der Waals surface area contributed by atoms with Crippen molar-refractivity contribution in [3.63, 3.8) is 0 Å². The lowest BCUT2D eigenvalue weighted by Crippen LogP contribution is -2.47. The van der Waals surface area contributed by atoms with Gasteiger partial charge in [0.15, 0.2) is 0 Å². The zero-order valence-electron chi connectivity index (χ0n) is 20.0. The number of hydrogen-bond donors (Lipinski definition) is 2. The van der Waals surface area contributed by atoms with Gasteiger partial charge in [0.1, 0.15) is 5.75 Å². The highest BCUT2D eigenvalue weighted by Gasteiger charge is 2.35. The molecule has 1 amide bonds. The summed E-state index contributed by atoms with van der Waals surface area (Å²) >= 11 is 6.54. The van der Waals surface area contributed by atoms with Crippen LogP contribution < -0.4 is 10.1 Å². The van der Waals surface area contributed by atoms with Crippen LogP contribution in [0.3, 0.4) is 0 Å². The standard InChI is InChI=1S/C27H35ClN2O4/c1-3-33-22-9-6-18(7-10-22)13-20-14-19(8-11-24(20)28)26-16-21(31)15-23(34-26)17-30-12-4-5-25(30)27(32)29-2/h6-11,14,21,23,25-26,31H,3-5,12-13,15-17H2,1-2H3,(H,29,32)/t21-,23-,25-,26+/m0/s1. The Hall–Kier alpha value is -2.12. The molecule has 2 fully saturated rings. The molecule has 2 aromatic rings. The van der Waals surface area contributed by atoms with Crippen LogP contribution in [-0.2, 0) is 16.0 Å². The Labute approximate surface area is 207 Å². The first kappa shape index (κ1) is 25.0. The van der Waals surface area contributed by atoms with E-state index in [0.29, 0.717) is 32.4 Å². The molecule has 2 aromatic carbocycles. The number of likely N-dealkylation sites (tertiary alicyclic amines) is 1. The third-order valence-electron chi connectivity index (χ3n) is 6.80. The van der Waals surface area contributed by atoms with E-state index in [1.165, 1.54) is 0 Å². The fraction of sp³-hybridized carbons (Fsp3) is 0.519. The third-order valence-corrected chi connectivity index (χ3v) is 7.17. The second kappa shape index (κ2) is 11.5. The van der Waals surface area contributed by atoms with Crippen LogP contribution in [-0.4, -0.2) is 60.9 Å². The molecular weight excluding hydrogens is 452 g/mol. The summed E-state index contributed by atoms with van der Waals surface area (Å²) in [6.45, 7) is 4.15. The van der Waals surface area contributed by atoms with Gasteiger partial charge in [0.25, 0.3) is 0 Å². The highest BCUT2D eigenvalue weighted by Crippen LogP contribution is 2.35. The summed E-state index contributed by atoms with van der Waals surface area (Å²) in [4.78, 5) is 14.4. The molecule has 2 saturated heterocycles. The zero-order chi connectivity index (χ0) is 24.1. The quantitative estimate of drug-likeness (QED) is 0.587. The van der Waals surface area contributed by atoms with Gasteiger partial charge in [-0.25, -0.2) is 0 Å². The van der Waals surface area contributed by atoms with Crippen molar-refractivity contribution in [1.82, 2.24) is 10.2 Å². The number of nitrogens with zero attached hydrogens (tertiary/aromatic N) is 1. The van der Waals surface area contributed by atoms with E-state index in [2.05, 4.69) is 28.4 Å². The van der Waals surface area contributed by atoms with E-state index in [0.717, 1.165) is 46.8 Å². The van der Waals surface area contributed by atoms with Gasteiger partial charge in [-0.3, -0.25) is 9.69 Å². The fourth-order valence-corrected chi connectivity index (χ4v) is 5.30. The Kier molecular flexibility index (Phi) is 8.48. The van der Waals surface area contributed by atoms with Crippen LogP contribution in [0.5, 0.6) is 5.75 Å². The first-order valence-corrected chi connectivity index (χ1v) is 12.6. The van der Waals surface area contributed by atoms with Crippen LogP contribution >= 0.6 is 11.6 Å². The number of aliphatic hydroxyl groups excluding tert-OH is 1. The Morgan fingerprint density at radius 1 is 1.24 bits per heavy atom. The van der Waals surface area contributed by atoms with Crippen molar-refractivity contribution in [1.29, 1.82) is 0 Å². The van der Waals surface area contributed by atoms with Gasteiger partial charge in [-0.2, -0.15) is 0 Å². The Morgan fingerprint density at radius 3 is 2.76 bits per heavy atom. The molecule has 2 aliphatic rings. The smallest absolute Gasteiger partial charge is 0.237 e. The number of aliphatic hydroxyl groups is 1. The molecule has 0 spiro atoms. The number of halogens is 1. The molecule has 0 radical (unpaired) electrons. The van der Waals surface area contributed by atoms with Crippen LogP contribution in [0.15, 0.2) is 42.5 Å². The number of nitrogens with one attached hydrogen (secondary N) is 1. The molecule has 34 heavy (non-hydrogen) atoms. The highest BCUT2D eigenvalue weighted by atomic mass is 35.5. The van der Waals surface area contributed by atoms with Crippen LogP contribution in [0.25, 0.3) is 0 Å². The maximum absolute atomic E-state index is 12.2. The van der Waals surface area contributed by atoms with Gasteiger partial charge in [-0.1, -0.05) is 35.9 Å². The van der Waals surface area contributed by atoms with E-state index in [-0.39, 0.29) is 24.2 Å². The van der Waals surface area contributed by atoms with Gasteiger partial charge >= 0.3 is 0 Å². The molecule has 0 aromatic heterocycles. The summed E-state index contributed by atoms with van der Waals surface area (Å²) in [7, 11) is 1.68. The molecule has 2 aliphatic heterocycles. The number of hydrogen-bond acceptors (Lipinski definition) is 5. The summed E-state index contributed by atoms with van der Waals surface area (Å²) in [5, 5.41) is 14.1. The predicted octanol–water partition coefficient (Wildman–Crippen LogP) is 4.12. The van der Waals surface area contributed by atoms with Crippen molar-refractivity contribution in [3.8, 4) is 5.75 Å². The fourth-order valence-electron chi connectivity index (χ4n) is 5.11. The number of carbonyl (C=O) groups is 1. The van der Waals surface area contributed by atoms with Gasteiger partial charge in [-0.15, -0.1) is 0 Å². The first-order valence-electron chi connectivity index (χ1n) is 12.3. The molecular formula is C27H35ClN2O4. The second-order valence-corrected chi connectivity index (χ2v) is 9.65. The normalized spacial score (nSPS) is 25.3. The molecule has 2 N–H and O–H groups in total. The summed E-state index contributed by atoms with van der Waals surface area (Å²) in [6.07, 6.45) is 2.96. The van der Waals surface area contributed by atoms with Gasteiger partial charge in [0, 0.05) is 31.5 Å². The lowest BCUT2D eigenvalue weighted by molar-refractivity contribution is -0.128. The number of carbonyl (C=O) groups excluding carboxylic acids is 1. The molecule has 0 saturated carbocycles. The molecule has 2 heterocycles. The first-order chi connectivity index (χ1) is 16.5. The van der Waals surface area contributed by atoms with E-state index >= 15 is 0 Å². The minimum Gasteiger partial charge on any atom is -0.494 e. The maximum atomic E-state index is 12.2. The molecule has 0 unspecified atom stereocenters. The van der Waals surface area contributed by atoms with Gasteiger partial charge in [0.2, 0.25) is 5.91 Å². The van der Waals surface area contributed by atoms with Crippen LogP contribution in [0.4, 0.5) is 0 Å². The second-order valence-electron chi connectivity index (χ2n) is 9.24. The monoisotopic (exact) mass is 486 g/mol. The van der Waals surface area contributed by atoms with Crippen molar-refractivity contribution in [2.24, 2.45) is 0 Å². The van der Waals surface area contributed by atoms with Gasteiger partial charge < -0.3 is 19.9 Å². The maximum Gasteiger partial charge on any atom is 0.237 e. The van der Waals surface area contributed by atoms with E-state index in [9.17, 15) is 9.90 Å². The van der Waals surface area contributed by atoms with E-state index in [1.54, 1.807) is 7.05 Å². The Bertz CT molecular complexity index is 968. The minimum absolute atomic E-state index is 0.0574. The molecule has 7 heteroatoms. The topological polar surface area (TPSA) is 71.0 Å². The summed E-state index contributed by atoms with van der Waals surface area (Å²) < 4.78 is 12.0. The SMILES string of the molecule is CCOc1ccc(Cc2cc([C@H]3C[C@@H](O)C[C@@H](CN4CCC[C@H]4C(=O)NC)O3)ccc2Cl)cc1. The minimum atomic E-state index is -0.435. The largest absolute Gasteiger partial charge is 0.494 e. The Morgan fingerprint density at radius 2 is 2.03 bits per heavy atom. The van der Waals surface area contributed by atoms with Gasteiger partial charge in [0.05, 0.1) is 31.0 Å². The zero-order valence-corrected chi connectivity index (χ0v) is 20.8. The average molecular weight is 487 g/mol. The summed E-state index contributed by atoms with van der Waals surface area (Å²) in [5.74, 6) is 0.917. The molecule has 0 aliphatic carbocycles. The lowest BCUT2D eigenvalue weighted by atomic mass is 9.93. The lowest BCUT2D eigenvalue weighted by Gasteiger charge is -2.36. The molecule has 6 nitrogen and oxygen atoms in total. The Balaban J connectivity index is 1.45. The molecule has 0 bridgehead atoms. The van der Waals surface area contributed by atoms with E-state index < -0.39 is 6.10 Å². The van der Waals surface area contributed by atoms with Crippen LogP contribution in [0, 0.1) is 0 Å². The summed E-state index contributed by atoms with van der Waals surface area (Å²) in [5.41, 5.74) is 3.21. The number of likely N-dealkylation sites (N-methyl/N-ethyl adjacent to an activating group) is 1. The van der Waals surface area contributed by atoms with Crippen molar-refractivity contribution in [3.05, 3.63) is 64.2 Å². The average Bonchev–Trinajstić information content (AvgIpc) is 3.29. The third kappa shape index (κ3) is 6.11. The van der Waals surface area contributed by atoms with Crippen LogP contribution in [0.1, 0.15) is 55.4 Å². The number of ether oxygens (including phenoxy) is 2. The van der Waals surface area contributed by atoms with Crippen molar-refractivity contribution in [2.45, 2.75) is 63.4 Å². The van der Waals surface area contributed by atoms with Crippen molar-refractivity contribution >= 4 is 17.5 Å². The molecule has 4 atom stereocenters. The van der Waals surface area contributed by atoms with Crippen LogP contribution in [0.2, 0.25) is 5.02 Å². The van der Waals surface area contributed by atoms with E-state index in [4.69, 9.17) is 21.1 Å². The summed E-state index contributed by atoms with van der Waals surface area (Å²) in [6, 6.07) is 14.0.